The maximum absolute atomic E-state index is 13.3. The van der Waals surface area contributed by atoms with E-state index >= 15 is 0 Å². The first-order valence-corrected chi connectivity index (χ1v) is 9.40. The Morgan fingerprint density at radius 3 is 2.26 bits per heavy atom. The number of hydrogen-bond acceptors (Lipinski definition) is 3. The predicted octanol–water partition coefficient (Wildman–Crippen LogP) is 3.82. The molecule has 0 saturated heterocycles. The van der Waals surface area contributed by atoms with E-state index in [0.717, 1.165) is 21.9 Å². The minimum absolute atomic E-state index is 0.0521. The molecule has 0 radical (unpaired) electrons. The summed E-state index contributed by atoms with van der Waals surface area (Å²) in [5.74, 6) is 0. The molecular weight excluding hydrogens is 379 g/mol. The monoisotopic (exact) mass is 395 g/mol. The number of sulfonamides is 1. The zero-order chi connectivity index (χ0) is 20.0. The molecule has 1 aromatic heterocycles. The lowest BCUT2D eigenvalue weighted by Crippen LogP contribution is -2.16. The summed E-state index contributed by atoms with van der Waals surface area (Å²) in [6, 6.07) is 11.6. The first-order chi connectivity index (χ1) is 12.5. The summed E-state index contributed by atoms with van der Waals surface area (Å²) in [5.41, 5.74) is 1.27. The van der Waals surface area contributed by atoms with Crippen LogP contribution in [0.15, 0.2) is 53.4 Å². The average molecular weight is 395 g/mol. The van der Waals surface area contributed by atoms with Crippen LogP contribution in [-0.4, -0.2) is 18.2 Å². The number of rotatable bonds is 3. The molecule has 0 spiro atoms. The van der Waals surface area contributed by atoms with Crippen LogP contribution in [0.5, 0.6) is 0 Å². The number of aromatic nitrogens is 2. The van der Waals surface area contributed by atoms with E-state index in [4.69, 9.17) is 5.14 Å². The number of halogens is 3. The zero-order valence-corrected chi connectivity index (χ0v) is 15.3. The lowest BCUT2D eigenvalue weighted by atomic mass is 10.0. The Balaban J connectivity index is 2.34. The van der Waals surface area contributed by atoms with Crippen molar-refractivity contribution in [1.29, 1.82) is 0 Å². The molecule has 142 valence electrons. The van der Waals surface area contributed by atoms with Crippen molar-refractivity contribution in [3.05, 3.63) is 65.4 Å². The Hall–Kier alpha value is -2.65. The molecule has 0 bridgehead atoms. The van der Waals surface area contributed by atoms with E-state index in [0.29, 0.717) is 5.56 Å². The van der Waals surface area contributed by atoms with Gasteiger partial charge in [-0.25, -0.2) is 18.2 Å². The van der Waals surface area contributed by atoms with Crippen LogP contribution < -0.4 is 5.14 Å². The van der Waals surface area contributed by atoms with E-state index in [1.165, 1.54) is 24.3 Å². The molecule has 9 heteroatoms. The number of nitrogens with zero attached hydrogens (tertiary/aromatic N) is 2. The lowest BCUT2D eigenvalue weighted by molar-refractivity contribution is -0.141. The van der Waals surface area contributed by atoms with E-state index in [9.17, 15) is 21.6 Å². The van der Waals surface area contributed by atoms with Gasteiger partial charge in [-0.05, 0) is 49.2 Å². The minimum atomic E-state index is -4.68. The predicted molar refractivity (Wildman–Crippen MR) is 94.8 cm³/mol. The van der Waals surface area contributed by atoms with Crippen LogP contribution in [-0.2, 0) is 16.2 Å². The van der Waals surface area contributed by atoms with E-state index in [-0.39, 0.29) is 16.3 Å². The Morgan fingerprint density at radius 1 is 1.00 bits per heavy atom. The highest BCUT2D eigenvalue weighted by Gasteiger charge is 2.35. The van der Waals surface area contributed by atoms with Gasteiger partial charge in [0.25, 0.3) is 0 Å². The van der Waals surface area contributed by atoms with Crippen molar-refractivity contribution in [2.75, 3.05) is 0 Å². The number of aryl methyl sites for hydroxylation is 2. The van der Waals surface area contributed by atoms with Crippen LogP contribution in [0.1, 0.15) is 16.8 Å². The summed E-state index contributed by atoms with van der Waals surface area (Å²) in [6.07, 6.45) is -4.68. The second-order valence-corrected chi connectivity index (χ2v) is 7.67. The number of hydrogen-bond donors (Lipinski definition) is 1. The molecule has 3 rings (SSSR count). The Labute approximate surface area is 154 Å². The molecule has 0 atom stereocenters. The molecule has 1 heterocycles. The first-order valence-electron chi connectivity index (χ1n) is 7.85. The van der Waals surface area contributed by atoms with Gasteiger partial charge in [-0.3, -0.25) is 0 Å². The van der Waals surface area contributed by atoms with Gasteiger partial charge in [0, 0.05) is 5.56 Å². The molecular formula is C18H16F3N3O2S. The van der Waals surface area contributed by atoms with Crippen LogP contribution >= 0.6 is 0 Å². The summed E-state index contributed by atoms with van der Waals surface area (Å²) in [4.78, 5) is -0.313. The minimum Gasteiger partial charge on any atom is -0.231 e. The van der Waals surface area contributed by atoms with Gasteiger partial charge < -0.3 is 0 Å². The van der Waals surface area contributed by atoms with Crippen LogP contribution in [0.4, 0.5) is 13.2 Å². The third-order valence-electron chi connectivity index (χ3n) is 4.20. The Bertz CT molecular complexity index is 1120. The van der Waals surface area contributed by atoms with Crippen molar-refractivity contribution >= 4 is 10.0 Å². The van der Waals surface area contributed by atoms with Gasteiger partial charge in [0.15, 0.2) is 5.69 Å². The fraction of sp³-hybridized carbons (Fsp3) is 0.167. The second-order valence-electron chi connectivity index (χ2n) is 6.14. The third-order valence-corrected chi connectivity index (χ3v) is 5.16. The van der Waals surface area contributed by atoms with E-state index in [2.05, 4.69) is 5.10 Å². The van der Waals surface area contributed by atoms with Crippen molar-refractivity contribution in [2.45, 2.75) is 24.9 Å². The Morgan fingerprint density at radius 2 is 1.67 bits per heavy atom. The lowest BCUT2D eigenvalue weighted by Gasteiger charge is -2.12. The molecule has 5 nitrogen and oxygen atoms in total. The largest absolute Gasteiger partial charge is 0.435 e. The SMILES string of the molecule is Cc1ccc(-c2cc(C(F)(F)F)nn2-c2ccccc2S(N)(=O)=O)cc1C. The van der Waals surface area contributed by atoms with Gasteiger partial charge in [-0.1, -0.05) is 24.3 Å². The van der Waals surface area contributed by atoms with Crippen LogP contribution in [0, 0.1) is 13.8 Å². The smallest absolute Gasteiger partial charge is 0.231 e. The second kappa shape index (κ2) is 6.50. The topological polar surface area (TPSA) is 78.0 Å². The van der Waals surface area contributed by atoms with Crippen molar-refractivity contribution in [3.63, 3.8) is 0 Å². The maximum Gasteiger partial charge on any atom is 0.435 e. The molecule has 0 fully saturated rings. The number of nitrogens with two attached hydrogens (primary N) is 1. The first kappa shape index (κ1) is 19.1. The average Bonchev–Trinajstić information content (AvgIpc) is 3.02. The number of alkyl halides is 3. The summed E-state index contributed by atoms with van der Waals surface area (Å²) < 4.78 is 64.6. The third kappa shape index (κ3) is 3.74. The van der Waals surface area contributed by atoms with Crippen molar-refractivity contribution < 1.29 is 21.6 Å². The van der Waals surface area contributed by atoms with Gasteiger partial charge in [-0.15, -0.1) is 0 Å². The highest BCUT2D eigenvalue weighted by atomic mass is 32.2. The van der Waals surface area contributed by atoms with Gasteiger partial charge in [-0.2, -0.15) is 18.3 Å². The molecule has 0 amide bonds. The van der Waals surface area contributed by atoms with Gasteiger partial charge in [0.1, 0.15) is 4.90 Å². The fourth-order valence-electron chi connectivity index (χ4n) is 2.68. The summed E-state index contributed by atoms with van der Waals surface area (Å²) in [5, 5.41) is 8.86. The number of primary sulfonamides is 1. The van der Waals surface area contributed by atoms with Gasteiger partial charge >= 0.3 is 6.18 Å². The standard InChI is InChI=1S/C18H16F3N3O2S/c1-11-7-8-13(9-12(11)2)15-10-17(18(19,20)21)23-24(15)14-5-3-4-6-16(14)27(22,25)26/h3-10H,1-2H3,(H2,22,25,26). The molecule has 0 aliphatic carbocycles. The van der Waals surface area contributed by atoms with Crippen molar-refractivity contribution in [1.82, 2.24) is 9.78 Å². The quantitative estimate of drug-likeness (QED) is 0.732. The van der Waals surface area contributed by atoms with Gasteiger partial charge in [0.2, 0.25) is 10.0 Å². The van der Waals surface area contributed by atoms with Crippen LogP contribution in [0.25, 0.3) is 16.9 Å². The summed E-state index contributed by atoms with van der Waals surface area (Å²) in [7, 11) is -4.16. The molecule has 2 N–H and O–H groups in total. The summed E-state index contributed by atoms with van der Waals surface area (Å²) in [6.45, 7) is 3.72. The van der Waals surface area contributed by atoms with Crippen molar-refractivity contribution in [3.8, 4) is 16.9 Å². The van der Waals surface area contributed by atoms with E-state index < -0.39 is 21.9 Å². The van der Waals surface area contributed by atoms with Crippen LogP contribution in [0.3, 0.4) is 0 Å². The zero-order valence-electron chi connectivity index (χ0n) is 14.4. The fourth-order valence-corrected chi connectivity index (χ4v) is 3.40. The Kier molecular flexibility index (Phi) is 4.61. The molecule has 0 aliphatic rings. The number of benzene rings is 2. The molecule has 0 unspecified atom stereocenters. The molecule has 27 heavy (non-hydrogen) atoms. The number of para-hydroxylation sites is 1. The van der Waals surface area contributed by atoms with E-state index in [1.54, 1.807) is 18.2 Å². The highest BCUT2D eigenvalue weighted by molar-refractivity contribution is 7.89. The highest BCUT2D eigenvalue weighted by Crippen LogP contribution is 2.34. The van der Waals surface area contributed by atoms with Gasteiger partial charge in [0.05, 0.1) is 11.4 Å². The maximum atomic E-state index is 13.3. The molecule has 2 aromatic carbocycles. The molecule has 0 aliphatic heterocycles. The normalized spacial score (nSPS) is 12.4. The van der Waals surface area contributed by atoms with Crippen molar-refractivity contribution in [2.24, 2.45) is 5.14 Å². The van der Waals surface area contributed by atoms with E-state index in [1.807, 2.05) is 13.8 Å². The molecule has 0 saturated carbocycles. The van der Waals surface area contributed by atoms with Crippen LogP contribution in [0.2, 0.25) is 0 Å². The molecule has 3 aromatic rings. The summed E-state index contributed by atoms with van der Waals surface area (Å²) >= 11 is 0.